The number of aromatic nitrogens is 1. The highest BCUT2D eigenvalue weighted by Crippen LogP contribution is 2.64. The van der Waals surface area contributed by atoms with Crippen LogP contribution in [0.3, 0.4) is 0 Å². The summed E-state index contributed by atoms with van der Waals surface area (Å²) in [7, 11) is 0. The van der Waals surface area contributed by atoms with Gasteiger partial charge in [0.05, 0.1) is 11.4 Å². The average molecular weight is 463 g/mol. The molecule has 4 bridgehead atoms. The Morgan fingerprint density at radius 3 is 2.32 bits per heavy atom. The van der Waals surface area contributed by atoms with Crippen molar-refractivity contribution in [3.63, 3.8) is 0 Å². The minimum Gasteiger partial charge on any atom is -0.369 e. The van der Waals surface area contributed by atoms with Crippen LogP contribution in [-0.2, 0) is 4.79 Å². The number of carbonyl (C=O) groups excluding carboxylic acids is 1. The molecule has 1 heterocycles. The molecule has 34 heavy (non-hydrogen) atoms. The molecule has 1 aromatic heterocycles. The van der Waals surface area contributed by atoms with Gasteiger partial charge in [0.1, 0.15) is 5.82 Å². The number of anilines is 1. The third kappa shape index (κ3) is 4.56. The number of nitrogens with one attached hydrogen (secondary N) is 2. The number of pyridine rings is 1. The Morgan fingerprint density at radius 2 is 1.71 bits per heavy atom. The summed E-state index contributed by atoms with van der Waals surface area (Å²) in [5.74, 6) is 3.64. The molecule has 4 aliphatic rings. The van der Waals surface area contributed by atoms with Crippen LogP contribution >= 0.6 is 0 Å². The number of fused-ring (bicyclic) bond motifs is 1. The minimum absolute atomic E-state index is 0.0479. The number of hydrogen-bond donors (Lipinski definition) is 3. The number of benzene rings is 1. The molecule has 6 rings (SSSR count). The van der Waals surface area contributed by atoms with Crippen LogP contribution in [0.2, 0.25) is 0 Å². The van der Waals surface area contributed by atoms with Gasteiger partial charge in [-0.25, -0.2) is 4.98 Å². The maximum absolute atomic E-state index is 13.0. The van der Waals surface area contributed by atoms with Crippen LogP contribution in [0, 0.1) is 29.1 Å². The lowest BCUT2D eigenvalue weighted by molar-refractivity contribution is -0.130. The Hall–Kier alpha value is -2.14. The highest BCUT2D eigenvalue weighted by Gasteiger charge is 2.56. The SMILES string of the molecule is CCC(CC)CNCCNc1ccc2c(C(C(N)=O)C34CC5CC(CC(C5)C3)C4)cccc2n1. The molecular formula is C29H42N4O. The van der Waals surface area contributed by atoms with Gasteiger partial charge in [0, 0.05) is 18.5 Å². The fourth-order valence-electron chi connectivity index (χ4n) is 8.01. The molecule has 4 N–H and O–H groups in total. The summed E-state index contributed by atoms with van der Waals surface area (Å²) in [6.45, 7) is 7.35. The Labute approximate surface area is 204 Å². The molecule has 4 saturated carbocycles. The van der Waals surface area contributed by atoms with Crippen molar-refractivity contribution < 1.29 is 4.79 Å². The van der Waals surface area contributed by atoms with Crippen molar-refractivity contribution in [2.24, 2.45) is 34.8 Å². The second kappa shape index (κ2) is 9.85. The molecule has 5 nitrogen and oxygen atoms in total. The highest BCUT2D eigenvalue weighted by atomic mass is 16.1. The second-order valence-corrected chi connectivity index (χ2v) is 11.5. The summed E-state index contributed by atoms with van der Waals surface area (Å²) < 4.78 is 0. The average Bonchev–Trinajstić information content (AvgIpc) is 2.80. The Balaban J connectivity index is 1.33. The highest BCUT2D eigenvalue weighted by molar-refractivity contribution is 5.92. The number of amides is 1. The lowest BCUT2D eigenvalue weighted by Gasteiger charge is -2.59. The number of nitrogens with two attached hydrogens (primary N) is 1. The monoisotopic (exact) mass is 462 g/mol. The van der Waals surface area contributed by atoms with Crippen LogP contribution < -0.4 is 16.4 Å². The van der Waals surface area contributed by atoms with Gasteiger partial charge in [-0.05, 0) is 97.9 Å². The van der Waals surface area contributed by atoms with E-state index in [0.717, 1.165) is 65.6 Å². The van der Waals surface area contributed by atoms with Crippen molar-refractivity contribution in [3.8, 4) is 0 Å². The lowest BCUT2D eigenvalue weighted by Crippen LogP contribution is -2.51. The topological polar surface area (TPSA) is 80.0 Å². The first-order chi connectivity index (χ1) is 16.5. The second-order valence-electron chi connectivity index (χ2n) is 11.5. The molecule has 0 radical (unpaired) electrons. The van der Waals surface area contributed by atoms with E-state index in [0.29, 0.717) is 0 Å². The van der Waals surface area contributed by atoms with Crippen molar-refractivity contribution in [2.45, 2.75) is 71.1 Å². The van der Waals surface area contributed by atoms with Gasteiger partial charge in [0.2, 0.25) is 5.91 Å². The Bertz CT molecular complexity index is 979. The van der Waals surface area contributed by atoms with Gasteiger partial charge in [0.15, 0.2) is 0 Å². The first kappa shape index (κ1) is 23.6. The van der Waals surface area contributed by atoms with Gasteiger partial charge in [-0.1, -0.05) is 38.8 Å². The maximum atomic E-state index is 13.0. The molecule has 0 aliphatic heterocycles. The smallest absolute Gasteiger partial charge is 0.225 e. The van der Waals surface area contributed by atoms with Gasteiger partial charge in [-0.15, -0.1) is 0 Å². The van der Waals surface area contributed by atoms with Crippen molar-refractivity contribution in [1.29, 1.82) is 0 Å². The van der Waals surface area contributed by atoms with Gasteiger partial charge >= 0.3 is 0 Å². The Morgan fingerprint density at radius 1 is 1.03 bits per heavy atom. The van der Waals surface area contributed by atoms with E-state index in [2.05, 4.69) is 54.8 Å². The van der Waals surface area contributed by atoms with Crippen molar-refractivity contribution >= 4 is 22.6 Å². The summed E-state index contributed by atoms with van der Waals surface area (Å²) in [5, 5.41) is 8.10. The summed E-state index contributed by atoms with van der Waals surface area (Å²) in [6, 6.07) is 10.5. The van der Waals surface area contributed by atoms with Gasteiger partial charge in [-0.3, -0.25) is 4.79 Å². The van der Waals surface area contributed by atoms with E-state index in [-0.39, 0.29) is 17.2 Å². The summed E-state index contributed by atoms with van der Waals surface area (Å²) >= 11 is 0. The van der Waals surface area contributed by atoms with Gasteiger partial charge in [0.25, 0.3) is 0 Å². The number of nitrogens with zero attached hydrogens (tertiary/aromatic N) is 1. The van der Waals surface area contributed by atoms with Gasteiger partial charge in [-0.2, -0.15) is 0 Å². The van der Waals surface area contributed by atoms with Crippen LogP contribution in [0.5, 0.6) is 0 Å². The maximum Gasteiger partial charge on any atom is 0.225 e. The molecule has 1 unspecified atom stereocenters. The first-order valence-electron chi connectivity index (χ1n) is 13.6. The predicted octanol–water partition coefficient (Wildman–Crippen LogP) is 5.46. The van der Waals surface area contributed by atoms with Crippen LogP contribution in [0.4, 0.5) is 5.82 Å². The van der Waals surface area contributed by atoms with E-state index in [1.54, 1.807) is 0 Å². The number of carbonyl (C=O) groups is 1. The van der Waals surface area contributed by atoms with Crippen molar-refractivity contribution in [2.75, 3.05) is 25.0 Å². The zero-order chi connectivity index (χ0) is 23.7. The van der Waals surface area contributed by atoms with E-state index < -0.39 is 0 Å². The van der Waals surface area contributed by atoms with E-state index in [4.69, 9.17) is 10.7 Å². The third-order valence-corrected chi connectivity index (χ3v) is 9.25. The fraction of sp³-hybridized carbons (Fsp3) is 0.655. The largest absolute Gasteiger partial charge is 0.369 e. The molecule has 4 aliphatic carbocycles. The summed E-state index contributed by atoms with van der Waals surface area (Å²) in [4.78, 5) is 17.9. The summed E-state index contributed by atoms with van der Waals surface area (Å²) in [5.41, 5.74) is 8.26. The molecule has 1 atom stereocenters. The molecule has 0 spiro atoms. The molecule has 2 aromatic rings. The van der Waals surface area contributed by atoms with E-state index in [9.17, 15) is 4.79 Å². The van der Waals surface area contributed by atoms with Crippen LogP contribution in [-0.4, -0.2) is 30.5 Å². The van der Waals surface area contributed by atoms with Crippen molar-refractivity contribution in [1.82, 2.24) is 10.3 Å². The van der Waals surface area contributed by atoms with Crippen LogP contribution in [0.25, 0.3) is 10.9 Å². The molecule has 1 aromatic carbocycles. The molecule has 184 valence electrons. The standard InChI is InChI=1S/C29H42N4O/c1-3-19(4-2)18-31-10-11-32-26-9-8-23-24(6-5-7-25(23)33-26)27(28(30)34)29-15-20-12-21(16-29)14-22(13-20)17-29/h5-9,19-22,27,31H,3-4,10-18H2,1-2H3,(H2,30,34)(H,32,33). The molecule has 4 fully saturated rings. The van der Waals surface area contributed by atoms with E-state index in [1.165, 1.54) is 51.4 Å². The van der Waals surface area contributed by atoms with E-state index in [1.807, 2.05) is 0 Å². The zero-order valence-corrected chi connectivity index (χ0v) is 21.0. The summed E-state index contributed by atoms with van der Waals surface area (Å²) in [6.07, 6.45) is 10.0. The minimum atomic E-state index is -0.209. The number of rotatable bonds is 11. The molecule has 5 heteroatoms. The molecule has 0 saturated heterocycles. The fourth-order valence-corrected chi connectivity index (χ4v) is 8.01. The number of primary amides is 1. The third-order valence-electron chi connectivity index (χ3n) is 9.25. The normalized spacial score (nSPS) is 28.5. The van der Waals surface area contributed by atoms with Crippen LogP contribution in [0.15, 0.2) is 30.3 Å². The number of hydrogen-bond acceptors (Lipinski definition) is 4. The van der Waals surface area contributed by atoms with Crippen molar-refractivity contribution in [3.05, 3.63) is 35.9 Å². The molecule has 1 amide bonds. The van der Waals surface area contributed by atoms with E-state index >= 15 is 0 Å². The molecular weight excluding hydrogens is 420 g/mol. The van der Waals surface area contributed by atoms with Gasteiger partial charge < -0.3 is 16.4 Å². The zero-order valence-electron chi connectivity index (χ0n) is 21.0. The van der Waals surface area contributed by atoms with Crippen LogP contribution in [0.1, 0.15) is 76.7 Å². The Kier molecular flexibility index (Phi) is 6.83. The quantitative estimate of drug-likeness (QED) is 0.388. The first-order valence-corrected chi connectivity index (χ1v) is 13.6. The lowest BCUT2D eigenvalue weighted by atomic mass is 9.45. The predicted molar refractivity (Wildman–Crippen MR) is 140 cm³/mol.